The number of carbonyl (C=O) groups excluding carboxylic acids is 1. The van der Waals surface area contributed by atoms with Crippen LogP contribution in [0.1, 0.15) is 53.7 Å². The van der Waals surface area contributed by atoms with E-state index in [-0.39, 0.29) is 4.47 Å². The van der Waals surface area contributed by atoms with Gasteiger partial charge in [0.1, 0.15) is 22.8 Å². The lowest BCUT2D eigenvalue weighted by molar-refractivity contribution is -0.119. The van der Waals surface area contributed by atoms with Gasteiger partial charge in [-0.05, 0) is 48.7 Å². The second kappa shape index (κ2) is 7.62. The average molecular weight is 431 g/mol. The zero-order valence-electron chi connectivity index (χ0n) is 14.2. The molecule has 25 heavy (non-hydrogen) atoms. The monoisotopic (exact) mass is 430 g/mol. The van der Waals surface area contributed by atoms with Gasteiger partial charge in [-0.3, -0.25) is 9.48 Å². The van der Waals surface area contributed by atoms with Crippen molar-refractivity contribution in [2.75, 3.05) is 5.32 Å². The van der Waals surface area contributed by atoms with Crippen LogP contribution in [0.5, 0.6) is 0 Å². The van der Waals surface area contributed by atoms with Gasteiger partial charge in [0, 0.05) is 4.88 Å². The molecule has 0 aromatic carbocycles. The van der Waals surface area contributed by atoms with Gasteiger partial charge in [0.05, 0.1) is 15.7 Å². The quantitative estimate of drug-likeness (QED) is 0.733. The van der Waals surface area contributed by atoms with Crippen LogP contribution in [-0.4, -0.2) is 15.7 Å². The lowest BCUT2D eigenvalue weighted by Crippen LogP contribution is -2.25. The van der Waals surface area contributed by atoms with Crippen LogP contribution in [0.2, 0.25) is 0 Å². The highest BCUT2D eigenvalue weighted by molar-refractivity contribution is 9.10. The number of aromatic nitrogens is 2. The molecule has 0 saturated carbocycles. The zero-order valence-corrected chi connectivity index (χ0v) is 16.6. The molecule has 0 aliphatic carbocycles. The van der Waals surface area contributed by atoms with Crippen LogP contribution in [0, 0.1) is 25.2 Å². The topological polar surface area (TPSA) is 70.7 Å². The zero-order chi connectivity index (χ0) is 18.9. The number of thiophene rings is 1. The van der Waals surface area contributed by atoms with Crippen molar-refractivity contribution < 1.29 is 13.6 Å². The standard InChI is InChI=1S/C16H17BrF2N4OS/c1-5-10-9(4)25-16(11(10)6-20)21-15(24)8(3)23-7(2)12(17)13(22-23)14(18)19/h8,14H,5H2,1-4H3,(H,21,24)/t8-/m1/s1. The third-order valence-corrected chi connectivity index (χ3v) is 6.01. The van der Waals surface area contributed by atoms with Gasteiger partial charge in [-0.25, -0.2) is 8.78 Å². The fourth-order valence-electron chi connectivity index (χ4n) is 2.58. The Morgan fingerprint density at radius 3 is 2.60 bits per heavy atom. The molecule has 5 nitrogen and oxygen atoms in total. The van der Waals surface area contributed by atoms with Crippen molar-refractivity contribution in [3.63, 3.8) is 0 Å². The Morgan fingerprint density at radius 2 is 2.12 bits per heavy atom. The molecule has 0 aliphatic heterocycles. The molecule has 0 unspecified atom stereocenters. The van der Waals surface area contributed by atoms with Crippen LogP contribution in [0.25, 0.3) is 0 Å². The Hall–Kier alpha value is -1.79. The summed E-state index contributed by atoms with van der Waals surface area (Å²) in [5.41, 5.74) is 1.41. The normalized spacial score (nSPS) is 12.3. The van der Waals surface area contributed by atoms with Gasteiger partial charge in [0.25, 0.3) is 6.43 Å². The molecule has 0 aliphatic rings. The number of alkyl halides is 2. The van der Waals surface area contributed by atoms with E-state index in [2.05, 4.69) is 32.4 Å². The van der Waals surface area contributed by atoms with Gasteiger partial charge < -0.3 is 5.32 Å². The minimum atomic E-state index is -2.73. The molecule has 134 valence electrons. The van der Waals surface area contributed by atoms with Crippen LogP contribution in [0.4, 0.5) is 13.8 Å². The van der Waals surface area contributed by atoms with E-state index in [1.165, 1.54) is 16.0 Å². The van der Waals surface area contributed by atoms with Crippen LogP contribution >= 0.6 is 27.3 Å². The maximum Gasteiger partial charge on any atom is 0.283 e. The molecule has 2 aromatic heterocycles. The van der Waals surface area contributed by atoms with Crippen molar-refractivity contribution in [3.8, 4) is 6.07 Å². The number of anilines is 1. The lowest BCUT2D eigenvalue weighted by Gasteiger charge is -2.14. The van der Waals surface area contributed by atoms with E-state index in [1.54, 1.807) is 13.8 Å². The first kappa shape index (κ1) is 19.5. The maximum absolute atomic E-state index is 13.0. The number of hydrogen-bond donors (Lipinski definition) is 1. The molecule has 9 heteroatoms. The highest BCUT2D eigenvalue weighted by atomic mass is 79.9. The molecular formula is C16H17BrF2N4OS. The van der Waals surface area contributed by atoms with Crippen molar-refractivity contribution in [3.05, 3.63) is 31.9 Å². The molecule has 1 N–H and O–H groups in total. The van der Waals surface area contributed by atoms with Crippen molar-refractivity contribution in [1.82, 2.24) is 9.78 Å². The number of amides is 1. The van der Waals surface area contributed by atoms with E-state index in [4.69, 9.17) is 0 Å². The first-order valence-corrected chi connectivity index (χ1v) is 9.19. The number of carbonyl (C=O) groups is 1. The summed E-state index contributed by atoms with van der Waals surface area (Å²) in [5, 5.41) is 16.4. The summed E-state index contributed by atoms with van der Waals surface area (Å²) in [6.07, 6.45) is -2.04. The Labute approximate surface area is 156 Å². The molecule has 0 radical (unpaired) electrons. The highest BCUT2D eigenvalue weighted by Gasteiger charge is 2.26. The maximum atomic E-state index is 13.0. The van der Waals surface area contributed by atoms with E-state index in [9.17, 15) is 18.8 Å². The number of hydrogen-bond acceptors (Lipinski definition) is 4. The molecule has 0 bridgehead atoms. The van der Waals surface area contributed by atoms with Crippen LogP contribution in [-0.2, 0) is 11.2 Å². The van der Waals surface area contributed by atoms with Gasteiger partial charge in [-0.2, -0.15) is 10.4 Å². The third kappa shape index (κ3) is 3.60. The lowest BCUT2D eigenvalue weighted by atomic mass is 10.1. The largest absolute Gasteiger partial charge is 0.315 e. The Bertz CT molecular complexity index is 853. The molecule has 2 aromatic rings. The minimum Gasteiger partial charge on any atom is -0.315 e. The smallest absolute Gasteiger partial charge is 0.283 e. The third-order valence-electron chi connectivity index (χ3n) is 3.97. The van der Waals surface area contributed by atoms with Gasteiger partial charge >= 0.3 is 0 Å². The van der Waals surface area contributed by atoms with Gasteiger partial charge in [0.15, 0.2) is 0 Å². The minimum absolute atomic E-state index is 0.195. The molecular weight excluding hydrogens is 414 g/mol. The Balaban J connectivity index is 2.31. The van der Waals surface area contributed by atoms with Crippen LogP contribution < -0.4 is 5.32 Å². The van der Waals surface area contributed by atoms with Gasteiger partial charge in [-0.15, -0.1) is 11.3 Å². The van der Waals surface area contributed by atoms with Crippen LogP contribution in [0.3, 0.4) is 0 Å². The van der Waals surface area contributed by atoms with Crippen LogP contribution in [0.15, 0.2) is 4.47 Å². The number of nitrogens with zero attached hydrogens (tertiary/aromatic N) is 3. The SMILES string of the molecule is CCc1c(C)sc(NC(=O)[C@@H](C)n2nc(C(F)F)c(Br)c2C)c1C#N. The summed E-state index contributed by atoms with van der Waals surface area (Å²) in [4.78, 5) is 13.5. The molecule has 2 heterocycles. The van der Waals surface area contributed by atoms with E-state index in [0.717, 1.165) is 10.4 Å². The summed E-state index contributed by atoms with van der Waals surface area (Å²) in [5.74, 6) is -0.417. The number of nitrogens with one attached hydrogen (secondary N) is 1. The van der Waals surface area contributed by atoms with E-state index >= 15 is 0 Å². The molecule has 0 saturated heterocycles. The van der Waals surface area contributed by atoms with Gasteiger partial charge in [0.2, 0.25) is 5.91 Å². The second-order valence-electron chi connectivity index (χ2n) is 5.50. The Kier molecular flexibility index (Phi) is 5.95. The molecule has 1 atom stereocenters. The summed E-state index contributed by atoms with van der Waals surface area (Å²) in [6.45, 7) is 7.02. The summed E-state index contributed by atoms with van der Waals surface area (Å²) in [7, 11) is 0. The Morgan fingerprint density at radius 1 is 1.48 bits per heavy atom. The number of rotatable bonds is 5. The fraction of sp³-hybridized carbons (Fsp3) is 0.438. The van der Waals surface area contributed by atoms with Crippen molar-refractivity contribution in [1.29, 1.82) is 5.26 Å². The first-order valence-electron chi connectivity index (χ1n) is 7.58. The van der Waals surface area contributed by atoms with Crippen molar-refractivity contribution in [2.45, 2.75) is 46.6 Å². The molecule has 0 fully saturated rings. The molecule has 1 amide bonds. The average Bonchev–Trinajstić information content (AvgIpc) is 3.03. The second-order valence-corrected chi connectivity index (χ2v) is 7.52. The van der Waals surface area contributed by atoms with E-state index < -0.39 is 24.1 Å². The van der Waals surface area contributed by atoms with Crippen molar-refractivity contribution >= 4 is 38.2 Å². The summed E-state index contributed by atoms with van der Waals surface area (Å²) >= 11 is 4.43. The number of halogens is 3. The first-order chi connectivity index (χ1) is 11.7. The molecule has 2 rings (SSSR count). The highest BCUT2D eigenvalue weighted by Crippen LogP contribution is 2.34. The summed E-state index contributed by atoms with van der Waals surface area (Å²) < 4.78 is 27.4. The van der Waals surface area contributed by atoms with E-state index in [1.807, 2.05) is 13.8 Å². The van der Waals surface area contributed by atoms with Gasteiger partial charge in [-0.1, -0.05) is 6.92 Å². The van der Waals surface area contributed by atoms with E-state index in [0.29, 0.717) is 22.7 Å². The molecule has 0 spiro atoms. The number of aryl methyl sites for hydroxylation is 1. The van der Waals surface area contributed by atoms with Crippen molar-refractivity contribution in [2.24, 2.45) is 0 Å². The number of nitriles is 1. The predicted octanol–water partition coefficient (Wildman–Crippen LogP) is 4.90. The fourth-order valence-corrected chi connectivity index (χ4v) is 4.11. The summed E-state index contributed by atoms with van der Waals surface area (Å²) in [6, 6.07) is 1.32. The predicted molar refractivity (Wildman–Crippen MR) is 96.1 cm³/mol.